The summed E-state index contributed by atoms with van der Waals surface area (Å²) in [5.41, 5.74) is 0.890. The van der Waals surface area contributed by atoms with Crippen LogP contribution in [0.4, 0.5) is 0 Å². The van der Waals surface area contributed by atoms with E-state index in [9.17, 15) is 9.59 Å². The third kappa shape index (κ3) is 3.56. The minimum Gasteiger partial charge on any atom is -0.496 e. The highest BCUT2D eigenvalue weighted by atomic mass is 32.2. The largest absolute Gasteiger partial charge is 0.496 e. The fourth-order valence-electron chi connectivity index (χ4n) is 3.38. The lowest BCUT2D eigenvalue weighted by Gasteiger charge is -2.31. The van der Waals surface area contributed by atoms with Gasteiger partial charge in [0.25, 0.3) is 0 Å². The van der Waals surface area contributed by atoms with Gasteiger partial charge in [-0.1, -0.05) is 0 Å². The van der Waals surface area contributed by atoms with E-state index in [0.717, 1.165) is 11.3 Å². The first-order valence-corrected chi connectivity index (χ1v) is 9.62. The average Bonchev–Trinajstić information content (AvgIpc) is 3.16. The highest BCUT2D eigenvalue weighted by Crippen LogP contribution is 2.46. The molecular formula is C18H24N2O5S. The maximum absolute atomic E-state index is 13.0. The summed E-state index contributed by atoms with van der Waals surface area (Å²) in [4.78, 5) is 26.3. The highest BCUT2D eigenvalue weighted by molar-refractivity contribution is 7.99. The predicted molar refractivity (Wildman–Crippen MR) is 98.7 cm³/mol. The molecule has 0 radical (unpaired) electrons. The first-order chi connectivity index (χ1) is 12.6. The molecule has 0 aromatic heterocycles. The van der Waals surface area contributed by atoms with E-state index in [1.165, 1.54) is 0 Å². The smallest absolute Gasteiger partial charge is 0.228 e. The van der Waals surface area contributed by atoms with Crippen molar-refractivity contribution in [3.05, 3.63) is 17.7 Å². The average molecular weight is 380 g/mol. The lowest BCUT2D eigenvalue weighted by atomic mass is 9.97. The third-order valence-corrected chi connectivity index (χ3v) is 6.03. The van der Waals surface area contributed by atoms with Gasteiger partial charge in [-0.15, -0.1) is 11.8 Å². The van der Waals surface area contributed by atoms with Gasteiger partial charge in [-0.3, -0.25) is 9.59 Å². The topological polar surface area (TPSA) is 77.1 Å². The van der Waals surface area contributed by atoms with Crippen LogP contribution in [0, 0.1) is 5.92 Å². The molecule has 7 nitrogen and oxygen atoms in total. The van der Waals surface area contributed by atoms with Crippen LogP contribution in [0.25, 0.3) is 0 Å². The Morgan fingerprint density at radius 1 is 1.15 bits per heavy atom. The molecule has 1 aromatic rings. The quantitative estimate of drug-likeness (QED) is 0.840. The number of ether oxygens (including phenoxy) is 3. The molecule has 1 aromatic carbocycles. The number of hydrogen-bond acceptors (Lipinski definition) is 6. The monoisotopic (exact) mass is 380 g/mol. The molecule has 142 valence electrons. The molecule has 1 N–H and O–H groups in total. The first kappa shape index (κ1) is 18.7. The Bertz CT molecular complexity index is 686. The van der Waals surface area contributed by atoms with Crippen LogP contribution >= 0.6 is 11.8 Å². The zero-order chi connectivity index (χ0) is 18.7. The Morgan fingerprint density at radius 2 is 1.85 bits per heavy atom. The summed E-state index contributed by atoms with van der Waals surface area (Å²) in [6.07, 6.45) is 1.00. The number of nitrogens with zero attached hydrogens (tertiary/aromatic N) is 1. The second-order valence-electron chi connectivity index (χ2n) is 6.24. The minimum atomic E-state index is -0.167. The van der Waals surface area contributed by atoms with Gasteiger partial charge in [0.2, 0.25) is 11.8 Å². The summed E-state index contributed by atoms with van der Waals surface area (Å²) in [5, 5.41) is 2.65. The normalized spacial score (nSPS) is 22.7. The second-order valence-corrected chi connectivity index (χ2v) is 7.43. The van der Waals surface area contributed by atoms with Crippen LogP contribution in [0.5, 0.6) is 17.2 Å². The van der Waals surface area contributed by atoms with Gasteiger partial charge in [0.1, 0.15) is 11.1 Å². The van der Waals surface area contributed by atoms with Crippen LogP contribution in [0.1, 0.15) is 23.8 Å². The number of thioether (sulfide) groups is 1. The molecule has 2 heterocycles. The summed E-state index contributed by atoms with van der Waals surface area (Å²) in [7, 11) is 4.77. The molecule has 8 heteroatoms. The number of benzene rings is 1. The molecule has 0 bridgehead atoms. The number of piperidine rings is 1. The molecule has 2 aliphatic rings. The van der Waals surface area contributed by atoms with Crippen molar-refractivity contribution in [2.45, 2.75) is 18.2 Å². The maximum Gasteiger partial charge on any atom is 0.228 e. The minimum absolute atomic E-state index is 0.0166. The predicted octanol–water partition coefficient (Wildman–Crippen LogP) is 1.81. The van der Waals surface area contributed by atoms with Crippen molar-refractivity contribution >= 4 is 23.6 Å². The van der Waals surface area contributed by atoms with E-state index >= 15 is 0 Å². The fourth-order valence-corrected chi connectivity index (χ4v) is 4.66. The van der Waals surface area contributed by atoms with E-state index in [4.69, 9.17) is 14.2 Å². The standard InChI is InChI=1S/C18H24N2O5S/c1-23-13-9-15(25-3)14(24-2)8-12(13)18-20(6-7-26-18)17(22)11-4-5-16(21)19-10-11/h8-9,11,18H,4-7,10H2,1-3H3,(H,19,21). The van der Waals surface area contributed by atoms with Crippen molar-refractivity contribution in [3.63, 3.8) is 0 Å². The van der Waals surface area contributed by atoms with Crippen molar-refractivity contribution in [2.75, 3.05) is 40.2 Å². The second kappa shape index (κ2) is 8.07. The molecule has 2 unspecified atom stereocenters. The number of carbonyl (C=O) groups excluding carboxylic acids is 2. The number of methoxy groups -OCH3 is 3. The van der Waals surface area contributed by atoms with Gasteiger partial charge in [-0.25, -0.2) is 0 Å². The Kier molecular flexibility index (Phi) is 5.80. The molecule has 2 aliphatic heterocycles. The van der Waals surface area contributed by atoms with Crippen LogP contribution in [-0.4, -0.2) is 56.9 Å². The lowest BCUT2D eigenvalue weighted by molar-refractivity contribution is -0.137. The number of rotatable bonds is 5. The van der Waals surface area contributed by atoms with E-state index in [1.807, 2.05) is 11.0 Å². The van der Waals surface area contributed by atoms with Crippen molar-refractivity contribution in [3.8, 4) is 17.2 Å². The van der Waals surface area contributed by atoms with E-state index in [-0.39, 0.29) is 23.1 Å². The lowest BCUT2D eigenvalue weighted by Crippen LogP contribution is -2.44. The molecule has 3 rings (SSSR count). The molecule has 2 amide bonds. The Hall–Kier alpha value is -2.09. The molecular weight excluding hydrogens is 356 g/mol. The van der Waals surface area contributed by atoms with Crippen molar-refractivity contribution in [1.82, 2.24) is 10.2 Å². The number of amides is 2. The molecule has 2 atom stereocenters. The summed E-state index contributed by atoms with van der Waals surface area (Å²) in [5.74, 6) is 2.64. The fraction of sp³-hybridized carbons (Fsp3) is 0.556. The van der Waals surface area contributed by atoms with E-state index < -0.39 is 0 Å². The van der Waals surface area contributed by atoms with Gasteiger partial charge in [-0.05, 0) is 12.5 Å². The number of nitrogens with one attached hydrogen (secondary N) is 1. The van der Waals surface area contributed by atoms with Gasteiger partial charge in [0.05, 0.1) is 27.2 Å². The summed E-state index contributed by atoms with van der Waals surface area (Å²) in [6.45, 7) is 1.09. The zero-order valence-electron chi connectivity index (χ0n) is 15.2. The van der Waals surface area contributed by atoms with Crippen LogP contribution in [-0.2, 0) is 9.59 Å². The van der Waals surface area contributed by atoms with Crippen LogP contribution in [0.15, 0.2) is 12.1 Å². The zero-order valence-corrected chi connectivity index (χ0v) is 16.1. The van der Waals surface area contributed by atoms with E-state index in [0.29, 0.717) is 43.2 Å². The molecule has 26 heavy (non-hydrogen) atoms. The summed E-state index contributed by atoms with van der Waals surface area (Å²) >= 11 is 1.70. The summed E-state index contributed by atoms with van der Waals surface area (Å²) < 4.78 is 16.3. The van der Waals surface area contributed by atoms with Gasteiger partial charge < -0.3 is 24.4 Å². The molecule has 2 fully saturated rings. The summed E-state index contributed by atoms with van der Waals surface area (Å²) in [6, 6.07) is 3.67. The van der Waals surface area contributed by atoms with Crippen molar-refractivity contribution in [2.24, 2.45) is 5.92 Å². The SMILES string of the molecule is COc1cc(OC)c(C2SCCN2C(=O)C2CCC(=O)NC2)cc1OC. The van der Waals surface area contributed by atoms with Crippen LogP contribution in [0.3, 0.4) is 0 Å². The van der Waals surface area contributed by atoms with E-state index in [1.54, 1.807) is 39.2 Å². The molecule has 0 spiro atoms. The van der Waals surface area contributed by atoms with Gasteiger partial charge >= 0.3 is 0 Å². The number of hydrogen-bond donors (Lipinski definition) is 1. The third-order valence-electron chi connectivity index (χ3n) is 4.79. The Balaban J connectivity index is 1.87. The van der Waals surface area contributed by atoms with Gasteiger partial charge in [-0.2, -0.15) is 0 Å². The van der Waals surface area contributed by atoms with Gasteiger partial charge in [0.15, 0.2) is 11.5 Å². The Labute approximate surface area is 157 Å². The van der Waals surface area contributed by atoms with Crippen molar-refractivity contribution < 1.29 is 23.8 Å². The Morgan fingerprint density at radius 3 is 2.46 bits per heavy atom. The van der Waals surface area contributed by atoms with Gasteiger partial charge in [0, 0.05) is 36.9 Å². The number of carbonyl (C=O) groups is 2. The maximum atomic E-state index is 13.0. The molecule has 0 saturated carbocycles. The van der Waals surface area contributed by atoms with Crippen molar-refractivity contribution in [1.29, 1.82) is 0 Å². The van der Waals surface area contributed by atoms with Crippen LogP contribution in [0.2, 0.25) is 0 Å². The first-order valence-electron chi connectivity index (χ1n) is 8.57. The van der Waals surface area contributed by atoms with Crippen LogP contribution < -0.4 is 19.5 Å². The van der Waals surface area contributed by atoms with E-state index in [2.05, 4.69) is 5.32 Å². The highest BCUT2D eigenvalue weighted by Gasteiger charge is 2.37. The molecule has 0 aliphatic carbocycles. The molecule has 2 saturated heterocycles.